The SMILES string of the molecule is COc1cc(Br)c(/C=N\Nc2ccccc2C(F)(F)F)cc1OC. The predicted octanol–water partition coefficient (Wildman–Crippen LogP) is 4.93. The number of alkyl halides is 3. The van der Waals surface area contributed by atoms with Crippen molar-refractivity contribution in [3.8, 4) is 11.5 Å². The van der Waals surface area contributed by atoms with Crippen molar-refractivity contribution in [2.75, 3.05) is 19.6 Å². The fourth-order valence-electron chi connectivity index (χ4n) is 1.97. The Labute approximate surface area is 145 Å². The highest BCUT2D eigenvalue weighted by molar-refractivity contribution is 9.10. The number of hydrazone groups is 1. The maximum absolute atomic E-state index is 12.9. The molecule has 128 valence electrons. The lowest BCUT2D eigenvalue weighted by molar-refractivity contribution is -0.136. The summed E-state index contributed by atoms with van der Waals surface area (Å²) in [5, 5.41) is 3.88. The predicted molar refractivity (Wildman–Crippen MR) is 89.9 cm³/mol. The fraction of sp³-hybridized carbons (Fsp3) is 0.188. The van der Waals surface area contributed by atoms with Crippen molar-refractivity contribution in [3.63, 3.8) is 0 Å². The molecule has 0 radical (unpaired) electrons. The van der Waals surface area contributed by atoms with Crippen molar-refractivity contribution in [2.24, 2.45) is 5.10 Å². The second kappa shape index (κ2) is 7.57. The Hall–Kier alpha value is -2.22. The van der Waals surface area contributed by atoms with Crippen LogP contribution in [0.3, 0.4) is 0 Å². The first kappa shape index (κ1) is 18.1. The third kappa shape index (κ3) is 4.19. The summed E-state index contributed by atoms with van der Waals surface area (Å²) in [5.74, 6) is 1.01. The van der Waals surface area contributed by atoms with Gasteiger partial charge in [-0.25, -0.2) is 0 Å². The zero-order valence-corrected chi connectivity index (χ0v) is 14.4. The molecule has 24 heavy (non-hydrogen) atoms. The van der Waals surface area contributed by atoms with E-state index in [1.165, 1.54) is 38.6 Å². The van der Waals surface area contributed by atoms with Crippen molar-refractivity contribution in [1.29, 1.82) is 0 Å². The monoisotopic (exact) mass is 402 g/mol. The molecule has 0 aliphatic rings. The maximum atomic E-state index is 12.9. The second-order valence-corrected chi connectivity index (χ2v) is 5.50. The van der Waals surface area contributed by atoms with Gasteiger partial charge in [0.05, 0.1) is 31.7 Å². The van der Waals surface area contributed by atoms with Gasteiger partial charge in [0.15, 0.2) is 11.5 Å². The molecule has 2 aromatic carbocycles. The summed E-state index contributed by atoms with van der Waals surface area (Å²) in [7, 11) is 3.00. The van der Waals surface area contributed by atoms with Gasteiger partial charge < -0.3 is 9.47 Å². The van der Waals surface area contributed by atoms with Crippen LogP contribution < -0.4 is 14.9 Å². The number of para-hydroxylation sites is 1. The Morgan fingerprint density at radius 2 is 1.71 bits per heavy atom. The molecule has 4 nitrogen and oxygen atoms in total. The molecule has 0 atom stereocenters. The number of hydrogen-bond acceptors (Lipinski definition) is 4. The fourth-order valence-corrected chi connectivity index (χ4v) is 2.39. The van der Waals surface area contributed by atoms with Gasteiger partial charge in [0.2, 0.25) is 0 Å². The maximum Gasteiger partial charge on any atom is 0.418 e. The lowest BCUT2D eigenvalue weighted by atomic mass is 10.2. The quantitative estimate of drug-likeness (QED) is 0.569. The first-order chi connectivity index (χ1) is 11.4. The van der Waals surface area contributed by atoms with Crippen LogP contribution in [0.15, 0.2) is 46.0 Å². The van der Waals surface area contributed by atoms with Crippen molar-refractivity contribution in [3.05, 3.63) is 52.0 Å². The third-order valence-electron chi connectivity index (χ3n) is 3.12. The first-order valence-corrected chi connectivity index (χ1v) is 7.53. The van der Waals surface area contributed by atoms with E-state index in [0.717, 1.165) is 6.07 Å². The number of rotatable bonds is 5. The van der Waals surface area contributed by atoms with E-state index in [0.29, 0.717) is 21.5 Å². The minimum Gasteiger partial charge on any atom is -0.493 e. The molecule has 0 saturated carbocycles. The molecule has 1 N–H and O–H groups in total. The number of anilines is 1. The Bertz CT molecular complexity index is 749. The van der Waals surface area contributed by atoms with Crippen molar-refractivity contribution in [2.45, 2.75) is 6.18 Å². The molecular formula is C16H14BrF3N2O2. The van der Waals surface area contributed by atoms with Gasteiger partial charge in [-0.05, 0) is 40.2 Å². The normalized spacial score (nSPS) is 11.6. The Morgan fingerprint density at radius 3 is 2.33 bits per heavy atom. The molecule has 0 aliphatic carbocycles. The third-order valence-corrected chi connectivity index (χ3v) is 3.81. The Kier molecular flexibility index (Phi) is 5.71. The number of halogens is 4. The number of hydrogen-bond donors (Lipinski definition) is 1. The molecule has 0 aromatic heterocycles. The number of benzene rings is 2. The molecule has 0 amide bonds. The van der Waals surface area contributed by atoms with Gasteiger partial charge in [0.1, 0.15) is 0 Å². The molecule has 2 aromatic rings. The summed E-state index contributed by atoms with van der Waals surface area (Å²) in [6, 6.07) is 8.46. The largest absolute Gasteiger partial charge is 0.493 e. The highest BCUT2D eigenvalue weighted by Gasteiger charge is 2.33. The van der Waals surface area contributed by atoms with E-state index in [9.17, 15) is 13.2 Å². The first-order valence-electron chi connectivity index (χ1n) is 6.73. The average molecular weight is 403 g/mol. The highest BCUT2D eigenvalue weighted by Crippen LogP contribution is 2.35. The lowest BCUT2D eigenvalue weighted by Crippen LogP contribution is -2.08. The number of nitrogens with one attached hydrogen (secondary N) is 1. The summed E-state index contributed by atoms with van der Waals surface area (Å²) < 4.78 is 49.7. The van der Waals surface area contributed by atoms with Crippen LogP contribution in [-0.4, -0.2) is 20.4 Å². The molecule has 0 bridgehead atoms. The minimum atomic E-state index is -4.46. The zero-order valence-electron chi connectivity index (χ0n) is 12.8. The van der Waals surface area contributed by atoms with Crippen LogP contribution in [0.4, 0.5) is 18.9 Å². The van der Waals surface area contributed by atoms with Gasteiger partial charge in [0.25, 0.3) is 0 Å². The Balaban J connectivity index is 2.25. The molecular weight excluding hydrogens is 389 g/mol. The summed E-state index contributed by atoms with van der Waals surface area (Å²) in [5.41, 5.74) is 2.12. The summed E-state index contributed by atoms with van der Waals surface area (Å²) in [4.78, 5) is 0. The second-order valence-electron chi connectivity index (χ2n) is 4.64. The molecule has 0 unspecified atom stereocenters. The van der Waals surface area contributed by atoms with E-state index in [2.05, 4.69) is 26.5 Å². The van der Waals surface area contributed by atoms with Crippen LogP contribution in [0.2, 0.25) is 0 Å². The Morgan fingerprint density at radius 1 is 1.08 bits per heavy atom. The molecule has 0 fully saturated rings. The van der Waals surface area contributed by atoms with E-state index in [1.54, 1.807) is 12.1 Å². The van der Waals surface area contributed by atoms with E-state index in [-0.39, 0.29) is 5.69 Å². The zero-order chi connectivity index (χ0) is 17.7. The number of methoxy groups -OCH3 is 2. The smallest absolute Gasteiger partial charge is 0.418 e. The minimum absolute atomic E-state index is 0.127. The molecule has 2 rings (SSSR count). The van der Waals surface area contributed by atoms with Gasteiger partial charge in [-0.3, -0.25) is 5.43 Å². The van der Waals surface area contributed by atoms with E-state index >= 15 is 0 Å². The van der Waals surface area contributed by atoms with Gasteiger partial charge in [-0.15, -0.1) is 0 Å². The van der Waals surface area contributed by atoms with Crippen LogP contribution in [0.1, 0.15) is 11.1 Å². The van der Waals surface area contributed by atoms with Crippen molar-refractivity contribution >= 4 is 27.8 Å². The molecule has 0 heterocycles. The summed E-state index contributed by atoms with van der Waals surface area (Å²) >= 11 is 3.35. The molecule has 0 spiro atoms. The van der Waals surface area contributed by atoms with E-state index in [1.807, 2.05) is 0 Å². The van der Waals surface area contributed by atoms with Crippen LogP contribution >= 0.6 is 15.9 Å². The van der Waals surface area contributed by atoms with Crippen molar-refractivity contribution < 1.29 is 22.6 Å². The molecule has 8 heteroatoms. The number of ether oxygens (including phenoxy) is 2. The molecule has 0 aliphatic heterocycles. The summed E-state index contributed by atoms with van der Waals surface area (Å²) in [6.07, 6.45) is -3.07. The van der Waals surface area contributed by atoms with E-state index in [4.69, 9.17) is 9.47 Å². The van der Waals surface area contributed by atoms with Crippen LogP contribution in [0.5, 0.6) is 11.5 Å². The lowest BCUT2D eigenvalue weighted by Gasteiger charge is -2.12. The standard InChI is InChI=1S/C16H14BrF3N2O2/c1-23-14-7-10(12(17)8-15(14)24-2)9-21-22-13-6-4-3-5-11(13)16(18,19)20/h3-9,22H,1-2H3/b21-9-. The van der Waals surface area contributed by atoms with Gasteiger partial charge in [0, 0.05) is 10.0 Å². The van der Waals surface area contributed by atoms with Crippen LogP contribution in [0.25, 0.3) is 0 Å². The topological polar surface area (TPSA) is 42.8 Å². The van der Waals surface area contributed by atoms with Crippen LogP contribution in [0, 0.1) is 0 Å². The van der Waals surface area contributed by atoms with E-state index < -0.39 is 11.7 Å². The van der Waals surface area contributed by atoms with Crippen molar-refractivity contribution in [1.82, 2.24) is 0 Å². The summed E-state index contributed by atoms with van der Waals surface area (Å²) in [6.45, 7) is 0. The van der Waals surface area contributed by atoms with Gasteiger partial charge in [-0.1, -0.05) is 12.1 Å². The highest BCUT2D eigenvalue weighted by atomic mass is 79.9. The van der Waals surface area contributed by atoms with Crippen LogP contribution in [-0.2, 0) is 6.18 Å². The van der Waals surface area contributed by atoms with Gasteiger partial charge >= 0.3 is 6.18 Å². The van der Waals surface area contributed by atoms with Gasteiger partial charge in [-0.2, -0.15) is 18.3 Å². The average Bonchev–Trinajstić information content (AvgIpc) is 2.55. The number of nitrogens with zero attached hydrogens (tertiary/aromatic N) is 1. The molecule has 0 saturated heterocycles.